The van der Waals surface area contributed by atoms with Crippen molar-refractivity contribution in [1.29, 1.82) is 0 Å². The van der Waals surface area contributed by atoms with E-state index in [-0.39, 0.29) is 6.04 Å². The summed E-state index contributed by atoms with van der Waals surface area (Å²) in [6.45, 7) is 8.27. The third-order valence-electron chi connectivity index (χ3n) is 5.86. The van der Waals surface area contributed by atoms with Crippen molar-refractivity contribution in [2.24, 2.45) is 0 Å². The number of nitrogens with one attached hydrogen (secondary N) is 1. The Balaban J connectivity index is 1.85. The highest BCUT2D eigenvalue weighted by Crippen LogP contribution is 2.51. The normalized spacial score (nSPS) is 17.5. The maximum Gasteiger partial charge on any atom is 0.412 e. The van der Waals surface area contributed by atoms with Crippen LogP contribution in [0.2, 0.25) is 0 Å². The monoisotopic (exact) mass is 394 g/mol. The Morgan fingerprint density at radius 3 is 2.79 bits per heavy atom. The van der Waals surface area contributed by atoms with E-state index in [9.17, 15) is 4.79 Å². The molecular formula is C24H30N2O3. The summed E-state index contributed by atoms with van der Waals surface area (Å²) in [4.78, 5) is 15.0. The lowest BCUT2D eigenvalue weighted by molar-refractivity contribution is 0.182. The second-order valence-electron chi connectivity index (χ2n) is 8.20. The number of nitrogens with zero attached hydrogens (tertiary/aromatic N) is 1. The lowest BCUT2D eigenvalue weighted by Gasteiger charge is -2.42. The van der Waals surface area contributed by atoms with Crippen LogP contribution in [0.5, 0.6) is 11.5 Å². The summed E-state index contributed by atoms with van der Waals surface area (Å²) in [5.41, 5.74) is 6.17. The van der Waals surface area contributed by atoms with Crippen LogP contribution in [0.15, 0.2) is 30.3 Å². The summed E-state index contributed by atoms with van der Waals surface area (Å²) in [7, 11) is 1.62. The van der Waals surface area contributed by atoms with Gasteiger partial charge in [-0.2, -0.15) is 0 Å². The summed E-state index contributed by atoms with van der Waals surface area (Å²) in [6, 6.07) is 10.9. The molecule has 1 unspecified atom stereocenters. The second kappa shape index (κ2) is 8.07. The van der Waals surface area contributed by atoms with Crippen LogP contribution in [0.1, 0.15) is 49.9 Å². The molecule has 2 aliphatic rings. The third kappa shape index (κ3) is 3.60. The molecule has 1 atom stereocenters. The molecule has 2 aromatic rings. The molecule has 0 radical (unpaired) electrons. The molecule has 5 heteroatoms. The SMILES string of the molecule is CCCN1CCc2cccc3c2C1Cc1ccc(OC)c(OC(=O)NC(C)C)c1-3. The molecule has 0 bridgehead atoms. The first-order valence-corrected chi connectivity index (χ1v) is 10.6. The number of benzene rings is 2. The van der Waals surface area contributed by atoms with Crippen LogP contribution in [0.25, 0.3) is 11.1 Å². The molecule has 0 aromatic heterocycles. The van der Waals surface area contributed by atoms with Gasteiger partial charge in [0.05, 0.1) is 7.11 Å². The van der Waals surface area contributed by atoms with Crippen LogP contribution in [-0.2, 0) is 12.8 Å². The number of hydrogen-bond acceptors (Lipinski definition) is 4. The first-order chi connectivity index (χ1) is 14.0. The Labute approximate surface area is 173 Å². The van der Waals surface area contributed by atoms with Gasteiger partial charge in [0.1, 0.15) is 0 Å². The zero-order valence-electron chi connectivity index (χ0n) is 17.7. The van der Waals surface area contributed by atoms with E-state index in [1.165, 1.54) is 22.3 Å². The molecule has 1 heterocycles. The maximum atomic E-state index is 12.4. The van der Waals surface area contributed by atoms with Gasteiger partial charge in [-0.05, 0) is 68.0 Å². The molecule has 4 rings (SSSR count). The number of carbonyl (C=O) groups is 1. The van der Waals surface area contributed by atoms with Crippen LogP contribution >= 0.6 is 0 Å². The highest BCUT2D eigenvalue weighted by Gasteiger charge is 2.36. The predicted octanol–water partition coefficient (Wildman–Crippen LogP) is 4.72. The van der Waals surface area contributed by atoms with Gasteiger partial charge < -0.3 is 14.8 Å². The Kier molecular flexibility index (Phi) is 5.50. The number of methoxy groups -OCH3 is 1. The number of rotatable bonds is 5. The Hall–Kier alpha value is -2.53. The fraction of sp³-hybridized carbons (Fsp3) is 0.458. The summed E-state index contributed by atoms with van der Waals surface area (Å²) >= 11 is 0. The summed E-state index contributed by atoms with van der Waals surface area (Å²) in [6.07, 6.45) is 2.67. The molecule has 29 heavy (non-hydrogen) atoms. The van der Waals surface area contributed by atoms with Crippen molar-refractivity contribution < 1.29 is 14.3 Å². The van der Waals surface area contributed by atoms with E-state index in [0.717, 1.165) is 37.9 Å². The molecule has 0 saturated heterocycles. The minimum absolute atomic E-state index is 0.00417. The van der Waals surface area contributed by atoms with Crippen molar-refractivity contribution in [3.63, 3.8) is 0 Å². The van der Waals surface area contributed by atoms with E-state index < -0.39 is 6.09 Å². The zero-order chi connectivity index (χ0) is 20.5. The van der Waals surface area contributed by atoms with E-state index in [1.807, 2.05) is 19.9 Å². The van der Waals surface area contributed by atoms with E-state index in [0.29, 0.717) is 17.5 Å². The molecule has 1 aliphatic heterocycles. The zero-order valence-corrected chi connectivity index (χ0v) is 17.7. The van der Waals surface area contributed by atoms with Crippen LogP contribution in [0, 0.1) is 0 Å². The Morgan fingerprint density at radius 1 is 1.24 bits per heavy atom. The molecular weight excluding hydrogens is 364 g/mol. The maximum absolute atomic E-state index is 12.4. The van der Waals surface area contributed by atoms with E-state index in [2.05, 4.69) is 41.4 Å². The first kappa shape index (κ1) is 19.8. The van der Waals surface area contributed by atoms with Gasteiger partial charge >= 0.3 is 6.09 Å². The minimum atomic E-state index is -0.453. The molecule has 0 saturated carbocycles. The molecule has 1 amide bonds. The van der Waals surface area contributed by atoms with Crippen molar-refractivity contribution in [2.45, 2.75) is 52.1 Å². The van der Waals surface area contributed by atoms with Gasteiger partial charge in [-0.25, -0.2) is 4.79 Å². The Morgan fingerprint density at radius 2 is 2.07 bits per heavy atom. The van der Waals surface area contributed by atoms with Crippen LogP contribution < -0.4 is 14.8 Å². The van der Waals surface area contributed by atoms with Gasteiger partial charge in [0.15, 0.2) is 11.5 Å². The fourth-order valence-electron chi connectivity index (χ4n) is 4.73. The van der Waals surface area contributed by atoms with Crippen molar-refractivity contribution in [2.75, 3.05) is 20.2 Å². The minimum Gasteiger partial charge on any atom is -0.493 e. The number of amides is 1. The number of fused-ring (bicyclic) bond motifs is 2. The number of hydrogen-bond donors (Lipinski definition) is 1. The Bertz CT molecular complexity index is 923. The second-order valence-corrected chi connectivity index (χ2v) is 8.20. The van der Waals surface area contributed by atoms with Gasteiger partial charge in [0.2, 0.25) is 0 Å². The molecule has 1 N–H and O–H groups in total. The molecule has 5 nitrogen and oxygen atoms in total. The topological polar surface area (TPSA) is 50.8 Å². The van der Waals surface area contributed by atoms with E-state index >= 15 is 0 Å². The summed E-state index contributed by atoms with van der Waals surface area (Å²) in [5, 5.41) is 2.81. The lowest BCUT2D eigenvalue weighted by Crippen LogP contribution is -2.39. The molecule has 2 aromatic carbocycles. The summed E-state index contributed by atoms with van der Waals surface area (Å²) < 4.78 is 11.4. The molecule has 154 valence electrons. The highest BCUT2D eigenvalue weighted by atomic mass is 16.6. The van der Waals surface area contributed by atoms with Crippen LogP contribution in [-0.4, -0.2) is 37.2 Å². The van der Waals surface area contributed by atoms with Crippen molar-refractivity contribution >= 4 is 6.09 Å². The number of carbonyl (C=O) groups excluding carboxylic acids is 1. The van der Waals surface area contributed by atoms with Crippen molar-refractivity contribution in [3.8, 4) is 22.6 Å². The smallest absolute Gasteiger partial charge is 0.412 e. The van der Waals surface area contributed by atoms with E-state index in [4.69, 9.17) is 9.47 Å². The van der Waals surface area contributed by atoms with Crippen molar-refractivity contribution in [3.05, 3.63) is 47.0 Å². The van der Waals surface area contributed by atoms with E-state index in [1.54, 1.807) is 7.11 Å². The average Bonchev–Trinajstić information content (AvgIpc) is 2.69. The van der Waals surface area contributed by atoms with Crippen molar-refractivity contribution in [1.82, 2.24) is 10.2 Å². The molecule has 1 aliphatic carbocycles. The summed E-state index contributed by atoms with van der Waals surface area (Å²) in [5.74, 6) is 1.10. The van der Waals surface area contributed by atoms with Gasteiger partial charge in [-0.3, -0.25) is 4.90 Å². The predicted molar refractivity (Wildman–Crippen MR) is 115 cm³/mol. The number of ether oxygens (including phenoxy) is 2. The molecule has 0 fully saturated rings. The largest absolute Gasteiger partial charge is 0.493 e. The lowest BCUT2D eigenvalue weighted by atomic mass is 9.76. The highest BCUT2D eigenvalue weighted by molar-refractivity contribution is 5.85. The van der Waals surface area contributed by atoms with Crippen LogP contribution in [0.3, 0.4) is 0 Å². The fourth-order valence-corrected chi connectivity index (χ4v) is 4.73. The van der Waals surface area contributed by atoms with Crippen LogP contribution in [0.4, 0.5) is 4.79 Å². The van der Waals surface area contributed by atoms with Gasteiger partial charge in [-0.15, -0.1) is 0 Å². The average molecular weight is 395 g/mol. The quantitative estimate of drug-likeness (QED) is 0.797. The van der Waals surface area contributed by atoms with Gasteiger partial charge in [0, 0.05) is 24.2 Å². The standard InChI is InChI=1S/C24H30N2O3/c1-5-12-26-13-11-16-7-6-8-18-21(16)19(26)14-17-9-10-20(28-4)23(22(17)18)29-24(27)25-15(2)3/h6-10,15,19H,5,11-14H2,1-4H3,(H,25,27). The first-order valence-electron chi connectivity index (χ1n) is 10.6. The van der Waals surface area contributed by atoms with Gasteiger partial charge in [0.25, 0.3) is 0 Å². The molecule has 0 spiro atoms. The third-order valence-corrected chi connectivity index (χ3v) is 5.86. The van der Waals surface area contributed by atoms with Gasteiger partial charge in [-0.1, -0.05) is 31.2 Å².